The summed E-state index contributed by atoms with van der Waals surface area (Å²) in [6, 6.07) is 11.2. The maximum atomic E-state index is 5.29. The number of nitrogens with one attached hydrogen (secondary N) is 1. The lowest BCUT2D eigenvalue weighted by Gasteiger charge is -2.17. The van der Waals surface area contributed by atoms with E-state index in [4.69, 9.17) is 4.74 Å². The summed E-state index contributed by atoms with van der Waals surface area (Å²) in [5, 5.41) is 3.60. The summed E-state index contributed by atoms with van der Waals surface area (Å²) in [6.45, 7) is 5.34. The Bertz CT molecular complexity index is 582. The minimum Gasteiger partial charge on any atom is -0.496 e. The van der Waals surface area contributed by atoms with Crippen molar-refractivity contribution in [1.29, 1.82) is 0 Å². The minimum atomic E-state index is 0.376. The Balaban J connectivity index is 2.17. The number of hydrogen-bond acceptors (Lipinski definition) is 3. The van der Waals surface area contributed by atoms with Crippen molar-refractivity contribution in [3.05, 3.63) is 50.1 Å². The van der Waals surface area contributed by atoms with Crippen molar-refractivity contribution in [2.75, 3.05) is 13.7 Å². The van der Waals surface area contributed by atoms with Gasteiger partial charge < -0.3 is 10.1 Å². The molecule has 0 aliphatic carbocycles. The number of hydrogen-bond donors (Lipinski definition) is 1. The first-order valence-electron chi connectivity index (χ1n) is 7.32. The van der Waals surface area contributed by atoms with E-state index >= 15 is 0 Å². The summed E-state index contributed by atoms with van der Waals surface area (Å²) >= 11 is 5.48. The van der Waals surface area contributed by atoms with Gasteiger partial charge in [-0.05, 0) is 65.1 Å². The Morgan fingerprint density at radius 2 is 2.05 bits per heavy atom. The zero-order valence-electron chi connectivity index (χ0n) is 12.8. The van der Waals surface area contributed by atoms with E-state index < -0.39 is 0 Å². The van der Waals surface area contributed by atoms with E-state index in [1.807, 2.05) is 17.4 Å². The van der Waals surface area contributed by atoms with Crippen LogP contribution in [0.25, 0.3) is 0 Å². The highest BCUT2D eigenvalue weighted by Crippen LogP contribution is 2.30. The molecule has 2 aromatic rings. The molecule has 0 saturated heterocycles. The first-order valence-corrected chi connectivity index (χ1v) is 8.93. The van der Waals surface area contributed by atoms with Gasteiger partial charge in [0.05, 0.1) is 11.6 Å². The molecular formula is C17H22BrNOS. The van der Waals surface area contributed by atoms with Crippen molar-refractivity contribution in [3.8, 4) is 5.75 Å². The van der Waals surface area contributed by atoms with E-state index in [1.54, 1.807) is 7.11 Å². The topological polar surface area (TPSA) is 21.3 Å². The normalized spacial score (nSPS) is 12.4. The molecule has 21 heavy (non-hydrogen) atoms. The number of halogens is 1. The summed E-state index contributed by atoms with van der Waals surface area (Å²) in [4.78, 5) is 2.87. The van der Waals surface area contributed by atoms with Gasteiger partial charge in [-0.1, -0.05) is 19.9 Å². The number of benzene rings is 1. The average molecular weight is 368 g/mol. The van der Waals surface area contributed by atoms with Gasteiger partial charge in [0.25, 0.3) is 0 Å². The molecule has 1 atom stereocenters. The molecule has 1 N–H and O–H groups in total. The van der Waals surface area contributed by atoms with E-state index in [9.17, 15) is 0 Å². The highest BCUT2D eigenvalue weighted by Gasteiger charge is 2.14. The fourth-order valence-electron chi connectivity index (χ4n) is 2.36. The van der Waals surface area contributed by atoms with Crippen LogP contribution >= 0.6 is 27.3 Å². The van der Waals surface area contributed by atoms with Crippen LogP contribution in [-0.2, 0) is 12.8 Å². The van der Waals surface area contributed by atoms with Crippen LogP contribution in [0.4, 0.5) is 0 Å². The predicted octanol–water partition coefficient (Wildman–Crippen LogP) is 4.97. The summed E-state index contributed by atoms with van der Waals surface area (Å²) in [6.07, 6.45) is 2.09. The second-order valence-corrected chi connectivity index (χ2v) is 7.00. The van der Waals surface area contributed by atoms with Crippen LogP contribution in [0.2, 0.25) is 0 Å². The van der Waals surface area contributed by atoms with E-state index in [1.165, 1.54) is 15.3 Å². The Kier molecular flexibility index (Phi) is 6.27. The van der Waals surface area contributed by atoms with Crippen LogP contribution in [0.3, 0.4) is 0 Å². The number of ether oxygens (including phenoxy) is 1. The Morgan fingerprint density at radius 3 is 2.62 bits per heavy atom. The van der Waals surface area contributed by atoms with Gasteiger partial charge in [-0.15, -0.1) is 11.3 Å². The first kappa shape index (κ1) is 16.5. The van der Waals surface area contributed by atoms with E-state index in [2.05, 4.69) is 59.4 Å². The molecule has 2 nitrogen and oxygen atoms in total. The molecule has 1 aromatic carbocycles. The number of aryl methyl sites for hydroxylation is 1. The Hall–Kier alpha value is -0.840. The molecule has 0 fully saturated rings. The van der Waals surface area contributed by atoms with Crippen LogP contribution in [0, 0.1) is 0 Å². The van der Waals surface area contributed by atoms with Gasteiger partial charge >= 0.3 is 0 Å². The summed E-state index contributed by atoms with van der Waals surface area (Å²) in [5.41, 5.74) is 1.31. The second kappa shape index (κ2) is 7.97. The molecule has 0 amide bonds. The van der Waals surface area contributed by atoms with Crippen molar-refractivity contribution in [3.63, 3.8) is 0 Å². The van der Waals surface area contributed by atoms with Crippen LogP contribution in [0.1, 0.15) is 35.2 Å². The fraction of sp³-hybridized carbons (Fsp3) is 0.412. The second-order valence-electron chi connectivity index (χ2n) is 4.94. The minimum absolute atomic E-state index is 0.376. The van der Waals surface area contributed by atoms with Crippen LogP contribution in [0.15, 0.2) is 34.8 Å². The smallest absolute Gasteiger partial charge is 0.133 e. The van der Waals surface area contributed by atoms with Gasteiger partial charge in [0.1, 0.15) is 5.75 Å². The third kappa shape index (κ3) is 4.31. The summed E-state index contributed by atoms with van der Waals surface area (Å²) in [5.74, 6) is 0.878. The Labute approximate surface area is 139 Å². The van der Waals surface area contributed by atoms with Gasteiger partial charge in [-0.3, -0.25) is 0 Å². The molecule has 1 heterocycles. The van der Waals surface area contributed by atoms with Crippen molar-refractivity contribution in [1.82, 2.24) is 5.32 Å². The van der Waals surface area contributed by atoms with Gasteiger partial charge in [0.2, 0.25) is 0 Å². The average Bonchev–Trinajstić information content (AvgIpc) is 2.96. The van der Waals surface area contributed by atoms with Gasteiger partial charge in [-0.2, -0.15) is 0 Å². The molecule has 0 radical (unpaired) electrons. The molecule has 1 unspecified atom stereocenters. The zero-order chi connectivity index (χ0) is 15.2. The van der Waals surface area contributed by atoms with Gasteiger partial charge in [0, 0.05) is 15.8 Å². The summed E-state index contributed by atoms with van der Waals surface area (Å²) < 4.78 is 6.31. The third-order valence-corrected chi connectivity index (χ3v) is 5.44. The molecule has 1 aromatic heterocycles. The molecule has 0 bridgehead atoms. The standard InChI is InChI=1S/C17H22BrNOS/c1-4-13-7-9-17(21-13)15(19-5-2)11-12-6-8-16(20-3)14(18)10-12/h6-10,15,19H,4-5,11H2,1-3H3. The molecule has 0 aliphatic heterocycles. The zero-order valence-corrected chi connectivity index (χ0v) is 15.2. The Morgan fingerprint density at radius 1 is 1.24 bits per heavy atom. The van der Waals surface area contributed by atoms with Crippen molar-refractivity contribution >= 4 is 27.3 Å². The lowest BCUT2D eigenvalue weighted by Crippen LogP contribution is -2.22. The van der Waals surface area contributed by atoms with Crippen LogP contribution < -0.4 is 10.1 Å². The maximum absolute atomic E-state index is 5.29. The van der Waals surface area contributed by atoms with Crippen molar-refractivity contribution < 1.29 is 4.74 Å². The quantitative estimate of drug-likeness (QED) is 0.745. The highest BCUT2D eigenvalue weighted by molar-refractivity contribution is 9.10. The third-order valence-electron chi connectivity index (χ3n) is 3.48. The largest absolute Gasteiger partial charge is 0.496 e. The lowest BCUT2D eigenvalue weighted by molar-refractivity contribution is 0.412. The lowest BCUT2D eigenvalue weighted by atomic mass is 10.0. The van der Waals surface area contributed by atoms with E-state index in [-0.39, 0.29) is 0 Å². The molecule has 4 heteroatoms. The SMILES string of the molecule is CCNC(Cc1ccc(OC)c(Br)c1)c1ccc(CC)s1. The maximum Gasteiger partial charge on any atom is 0.133 e. The highest BCUT2D eigenvalue weighted by atomic mass is 79.9. The molecule has 114 valence electrons. The van der Waals surface area contributed by atoms with Crippen molar-refractivity contribution in [2.24, 2.45) is 0 Å². The van der Waals surface area contributed by atoms with Crippen LogP contribution in [-0.4, -0.2) is 13.7 Å². The van der Waals surface area contributed by atoms with Gasteiger partial charge in [0.15, 0.2) is 0 Å². The molecular weight excluding hydrogens is 346 g/mol. The number of rotatable bonds is 7. The summed E-state index contributed by atoms with van der Waals surface area (Å²) in [7, 11) is 1.69. The first-order chi connectivity index (χ1) is 10.2. The predicted molar refractivity (Wildman–Crippen MR) is 94.5 cm³/mol. The molecule has 0 spiro atoms. The molecule has 2 rings (SSSR count). The van der Waals surface area contributed by atoms with Gasteiger partial charge in [-0.25, -0.2) is 0 Å². The van der Waals surface area contributed by atoms with E-state index in [0.29, 0.717) is 6.04 Å². The van der Waals surface area contributed by atoms with Crippen LogP contribution in [0.5, 0.6) is 5.75 Å². The molecule has 0 aliphatic rings. The number of thiophene rings is 1. The van der Waals surface area contributed by atoms with Crippen molar-refractivity contribution in [2.45, 2.75) is 32.7 Å². The number of methoxy groups -OCH3 is 1. The monoisotopic (exact) mass is 367 g/mol. The fourth-order valence-corrected chi connectivity index (χ4v) is 3.98. The van der Waals surface area contributed by atoms with E-state index in [0.717, 1.165) is 29.6 Å². The molecule has 0 saturated carbocycles. The number of likely N-dealkylation sites (N-methyl/N-ethyl adjacent to an activating group) is 1.